The largest absolute Gasteiger partial charge is 0.478 e. The van der Waals surface area contributed by atoms with Crippen LogP contribution in [0.25, 0.3) is 0 Å². The molecule has 102 valence electrons. The number of nitrogens with zero attached hydrogens (tertiary/aromatic N) is 1. The number of carbonyl (C=O) groups is 2. The molecule has 1 saturated carbocycles. The van der Waals surface area contributed by atoms with Gasteiger partial charge in [0.1, 0.15) is 0 Å². The number of carboxylic acids is 1. The van der Waals surface area contributed by atoms with Crippen LogP contribution in [-0.2, 0) is 6.54 Å². The van der Waals surface area contributed by atoms with E-state index in [1.54, 1.807) is 0 Å². The number of hydrogen-bond donors (Lipinski definition) is 3. The van der Waals surface area contributed by atoms with Crippen molar-refractivity contribution in [2.75, 3.05) is 0 Å². The van der Waals surface area contributed by atoms with Crippen LogP contribution < -0.4 is 10.6 Å². The zero-order chi connectivity index (χ0) is 13.7. The standard InChI is InChI=1S/C13H17N3O3/c17-12(18)9-5-6-14-11(7-9)8-15-13(19)16-10-3-1-2-4-10/h5-7,10H,1-4,8H2,(H,17,18)(H2,15,16,19). The molecule has 0 atom stereocenters. The molecule has 1 aliphatic carbocycles. The van der Waals surface area contributed by atoms with Crippen molar-refractivity contribution in [1.82, 2.24) is 15.6 Å². The molecule has 19 heavy (non-hydrogen) atoms. The molecular formula is C13H17N3O3. The molecule has 0 unspecified atom stereocenters. The lowest BCUT2D eigenvalue weighted by Crippen LogP contribution is -2.40. The highest BCUT2D eigenvalue weighted by molar-refractivity contribution is 5.87. The summed E-state index contributed by atoms with van der Waals surface area (Å²) in [5.74, 6) is -1.00. The lowest BCUT2D eigenvalue weighted by atomic mass is 10.2. The third-order valence-electron chi connectivity index (χ3n) is 3.18. The minimum Gasteiger partial charge on any atom is -0.478 e. The Morgan fingerprint density at radius 3 is 2.79 bits per heavy atom. The maximum absolute atomic E-state index is 11.6. The van der Waals surface area contributed by atoms with Crippen molar-refractivity contribution in [3.05, 3.63) is 29.6 Å². The zero-order valence-electron chi connectivity index (χ0n) is 10.6. The summed E-state index contributed by atoms with van der Waals surface area (Å²) >= 11 is 0. The van der Waals surface area contributed by atoms with Gasteiger partial charge >= 0.3 is 12.0 Å². The van der Waals surface area contributed by atoms with Crippen molar-refractivity contribution in [3.8, 4) is 0 Å². The van der Waals surface area contributed by atoms with Crippen LogP contribution in [-0.4, -0.2) is 28.1 Å². The quantitative estimate of drug-likeness (QED) is 0.768. The monoisotopic (exact) mass is 263 g/mol. The van der Waals surface area contributed by atoms with Crippen molar-refractivity contribution < 1.29 is 14.7 Å². The molecule has 1 aromatic heterocycles. The Bertz CT molecular complexity index is 470. The highest BCUT2D eigenvalue weighted by Crippen LogP contribution is 2.17. The maximum atomic E-state index is 11.6. The number of rotatable bonds is 4. The van der Waals surface area contributed by atoms with Crippen molar-refractivity contribution >= 4 is 12.0 Å². The van der Waals surface area contributed by atoms with E-state index in [1.165, 1.54) is 18.3 Å². The van der Waals surface area contributed by atoms with Crippen molar-refractivity contribution in [1.29, 1.82) is 0 Å². The summed E-state index contributed by atoms with van der Waals surface area (Å²) < 4.78 is 0. The number of aromatic nitrogens is 1. The van der Waals surface area contributed by atoms with Crippen molar-refractivity contribution in [3.63, 3.8) is 0 Å². The minimum atomic E-state index is -1.00. The molecular weight excluding hydrogens is 246 g/mol. The molecule has 0 aliphatic heterocycles. The summed E-state index contributed by atoms with van der Waals surface area (Å²) in [6, 6.07) is 2.91. The summed E-state index contributed by atoms with van der Waals surface area (Å²) in [5.41, 5.74) is 0.699. The van der Waals surface area contributed by atoms with Gasteiger partial charge in [0, 0.05) is 12.2 Å². The summed E-state index contributed by atoms with van der Waals surface area (Å²) in [4.78, 5) is 26.4. The highest BCUT2D eigenvalue weighted by Gasteiger charge is 2.16. The molecule has 6 nitrogen and oxygen atoms in total. The lowest BCUT2D eigenvalue weighted by Gasteiger charge is -2.12. The summed E-state index contributed by atoms with van der Waals surface area (Å²) in [7, 11) is 0. The summed E-state index contributed by atoms with van der Waals surface area (Å²) in [6.45, 7) is 0.222. The average Bonchev–Trinajstić information content (AvgIpc) is 2.89. The number of carboxylic acid groups (broad SMARTS) is 1. The van der Waals surface area contributed by atoms with Crippen LogP contribution in [0.4, 0.5) is 4.79 Å². The smallest absolute Gasteiger partial charge is 0.335 e. The van der Waals surface area contributed by atoms with Crippen LogP contribution in [0.15, 0.2) is 18.3 Å². The summed E-state index contributed by atoms with van der Waals surface area (Å²) in [5, 5.41) is 14.4. The van der Waals surface area contributed by atoms with E-state index in [4.69, 9.17) is 5.11 Å². The Hall–Kier alpha value is -2.11. The van der Waals surface area contributed by atoms with E-state index in [1.807, 2.05) is 0 Å². The topological polar surface area (TPSA) is 91.3 Å². The molecule has 0 saturated heterocycles. The molecule has 0 bridgehead atoms. The number of pyridine rings is 1. The van der Waals surface area contributed by atoms with E-state index >= 15 is 0 Å². The van der Waals surface area contributed by atoms with Gasteiger partial charge in [-0.1, -0.05) is 12.8 Å². The lowest BCUT2D eigenvalue weighted by molar-refractivity contribution is 0.0696. The number of aromatic carboxylic acids is 1. The third-order valence-corrected chi connectivity index (χ3v) is 3.18. The van der Waals surface area contributed by atoms with Gasteiger partial charge in [0.15, 0.2) is 0 Å². The SMILES string of the molecule is O=C(NCc1cc(C(=O)O)ccn1)NC1CCCC1. The molecule has 1 aliphatic rings. The van der Waals surface area contributed by atoms with E-state index in [-0.39, 0.29) is 24.2 Å². The molecule has 0 spiro atoms. The predicted molar refractivity (Wildman–Crippen MR) is 68.8 cm³/mol. The molecule has 1 heterocycles. The first-order valence-electron chi connectivity index (χ1n) is 6.38. The molecule has 2 rings (SSSR count). The van der Waals surface area contributed by atoms with Crippen LogP contribution in [0.1, 0.15) is 41.7 Å². The van der Waals surface area contributed by atoms with E-state index in [0.717, 1.165) is 25.7 Å². The van der Waals surface area contributed by atoms with Crippen LogP contribution in [0.3, 0.4) is 0 Å². The second kappa shape index (κ2) is 6.17. The molecule has 1 fully saturated rings. The average molecular weight is 263 g/mol. The first-order valence-corrected chi connectivity index (χ1v) is 6.38. The van der Waals surface area contributed by atoms with Gasteiger partial charge in [-0.15, -0.1) is 0 Å². The van der Waals surface area contributed by atoms with Gasteiger partial charge in [-0.05, 0) is 25.0 Å². The molecule has 6 heteroatoms. The fourth-order valence-electron chi connectivity index (χ4n) is 2.19. The maximum Gasteiger partial charge on any atom is 0.335 e. The van der Waals surface area contributed by atoms with Gasteiger partial charge in [0.25, 0.3) is 0 Å². The number of urea groups is 1. The number of amides is 2. The van der Waals surface area contributed by atoms with Crippen molar-refractivity contribution in [2.24, 2.45) is 0 Å². The first-order chi connectivity index (χ1) is 9.15. The molecule has 2 amide bonds. The van der Waals surface area contributed by atoms with Gasteiger partial charge in [-0.3, -0.25) is 4.98 Å². The first kappa shape index (κ1) is 13.3. The Labute approximate surface area is 111 Å². The summed E-state index contributed by atoms with van der Waals surface area (Å²) in [6.07, 6.45) is 5.80. The molecule has 0 radical (unpaired) electrons. The predicted octanol–water partition coefficient (Wildman–Crippen LogP) is 1.52. The van der Waals surface area contributed by atoms with Gasteiger partial charge < -0.3 is 15.7 Å². The Balaban J connectivity index is 1.82. The Kier molecular flexibility index (Phi) is 4.33. The van der Waals surface area contributed by atoms with E-state index < -0.39 is 5.97 Å². The fourth-order valence-corrected chi connectivity index (χ4v) is 2.19. The van der Waals surface area contributed by atoms with Crippen LogP contribution >= 0.6 is 0 Å². The van der Waals surface area contributed by atoms with E-state index in [0.29, 0.717) is 5.69 Å². The van der Waals surface area contributed by atoms with Crippen molar-refractivity contribution in [2.45, 2.75) is 38.3 Å². The molecule has 3 N–H and O–H groups in total. The third kappa shape index (κ3) is 3.94. The van der Waals surface area contributed by atoms with E-state index in [2.05, 4.69) is 15.6 Å². The second-order valence-corrected chi connectivity index (χ2v) is 4.65. The van der Waals surface area contributed by atoms with Crippen LogP contribution in [0.2, 0.25) is 0 Å². The Morgan fingerprint density at radius 1 is 1.37 bits per heavy atom. The van der Waals surface area contributed by atoms with Gasteiger partial charge in [0.2, 0.25) is 0 Å². The number of carbonyl (C=O) groups excluding carboxylic acids is 1. The second-order valence-electron chi connectivity index (χ2n) is 4.65. The minimum absolute atomic E-state index is 0.169. The Morgan fingerprint density at radius 2 is 2.11 bits per heavy atom. The van der Waals surface area contributed by atoms with Gasteiger partial charge in [-0.2, -0.15) is 0 Å². The van der Waals surface area contributed by atoms with Gasteiger partial charge in [-0.25, -0.2) is 9.59 Å². The van der Waals surface area contributed by atoms with Gasteiger partial charge in [0.05, 0.1) is 17.8 Å². The zero-order valence-corrected chi connectivity index (χ0v) is 10.6. The molecule has 1 aromatic rings. The van der Waals surface area contributed by atoms with Crippen LogP contribution in [0.5, 0.6) is 0 Å². The highest BCUT2D eigenvalue weighted by atomic mass is 16.4. The fraction of sp³-hybridized carbons (Fsp3) is 0.462. The number of hydrogen-bond acceptors (Lipinski definition) is 3. The molecule has 0 aromatic carbocycles. The van der Waals surface area contributed by atoms with E-state index in [9.17, 15) is 9.59 Å². The number of nitrogens with one attached hydrogen (secondary N) is 2. The van der Waals surface area contributed by atoms with Crippen LogP contribution in [0, 0.1) is 0 Å². The normalized spacial score (nSPS) is 15.2.